The maximum Gasteiger partial charge on any atom is 0.146 e. The van der Waals surface area contributed by atoms with Gasteiger partial charge in [-0.1, -0.05) is 6.07 Å². The Hall–Kier alpha value is -1.89. The summed E-state index contributed by atoms with van der Waals surface area (Å²) in [5.41, 5.74) is 1.95. The first-order valence-electron chi connectivity index (χ1n) is 12.3. The lowest BCUT2D eigenvalue weighted by Crippen LogP contribution is -2.48. The van der Waals surface area contributed by atoms with Crippen LogP contribution in [-0.2, 0) is 11.3 Å². The highest BCUT2D eigenvalue weighted by Crippen LogP contribution is 2.34. The van der Waals surface area contributed by atoms with Gasteiger partial charge in [0.25, 0.3) is 0 Å². The van der Waals surface area contributed by atoms with Gasteiger partial charge in [-0.3, -0.25) is 4.90 Å². The smallest absolute Gasteiger partial charge is 0.146 e. The van der Waals surface area contributed by atoms with Gasteiger partial charge in [0.15, 0.2) is 0 Å². The number of ether oxygens (including phenoxy) is 3. The van der Waals surface area contributed by atoms with Crippen molar-refractivity contribution in [1.82, 2.24) is 15.2 Å². The second-order valence-electron chi connectivity index (χ2n) is 9.40. The molecule has 0 unspecified atom stereocenters. The van der Waals surface area contributed by atoms with Gasteiger partial charge in [0.2, 0.25) is 0 Å². The molecule has 1 atom stereocenters. The standard InChI is InChI=1S/C26H39N3O3/c1-19(2)29(21-8-7-13-27-17-21)18-20-16-25(31-15-14-30-3)23-11-6-12-24(26(23)28-20)32-22-9-4-5-10-22/h6,11-12,16,19,21-22,27H,4-5,7-10,13-15,17-18H2,1-3H3/t21-/m1/s1. The second-order valence-corrected chi connectivity index (χ2v) is 9.40. The highest BCUT2D eigenvalue weighted by atomic mass is 16.5. The predicted octanol–water partition coefficient (Wildman–Crippen LogP) is 4.54. The molecule has 2 aliphatic rings. The van der Waals surface area contributed by atoms with Crippen molar-refractivity contribution in [3.8, 4) is 11.5 Å². The van der Waals surface area contributed by atoms with Crippen LogP contribution in [0.5, 0.6) is 11.5 Å². The molecule has 1 aliphatic carbocycles. The van der Waals surface area contributed by atoms with Crippen LogP contribution in [0.25, 0.3) is 10.9 Å². The van der Waals surface area contributed by atoms with Crippen LogP contribution < -0.4 is 14.8 Å². The van der Waals surface area contributed by atoms with E-state index in [-0.39, 0.29) is 0 Å². The fraction of sp³-hybridized carbons (Fsp3) is 0.654. The Morgan fingerprint density at radius 1 is 1.09 bits per heavy atom. The van der Waals surface area contributed by atoms with E-state index < -0.39 is 0 Å². The van der Waals surface area contributed by atoms with Crippen LogP contribution in [0.15, 0.2) is 24.3 Å². The summed E-state index contributed by atoms with van der Waals surface area (Å²) >= 11 is 0. The summed E-state index contributed by atoms with van der Waals surface area (Å²) in [6, 6.07) is 9.28. The Labute approximate surface area is 192 Å². The zero-order valence-electron chi connectivity index (χ0n) is 19.9. The summed E-state index contributed by atoms with van der Waals surface area (Å²) in [5, 5.41) is 4.57. The number of fused-ring (bicyclic) bond motifs is 1. The van der Waals surface area contributed by atoms with Crippen LogP contribution >= 0.6 is 0 Å². The first-order chi connectivity index (χ1) is 15.7. The molecular formula is C26H39N3O3. The molecule has 32 heavy (non-hydrogen) atoms. The van der Waals surface area contributed by atoms with Gasteiger partial charge in [-0.05, 0) is 71.0 Å². The number of rotatable bonds is 10. The van der Waals surface area contributed by atoms with Crippen molar-refractivity contribution in [2.45, 2.75) is 77.1 Å². The third kappa shape index (κ3) is 5.72. The van der Waals surface area contributed by atoms with Gasteiger partial charge in [-0.25, -0.2) is 4.98 Å². The molecule has 1 N–H and O–H groups in total. The van der Waals surface area contributed by atoms with Gasteiger partial charge in [-0.15, -0.1) is 0 Å². The molecule has 0 amide bonds. The first-order valence-corrected chi connectivity index (χ1v) is 12.3. The molecule has 6 nitrogen and oxygen atoms in total. The zero-order valence-corrected chi connectivity index (χ0v) is 19.9. The van der Waals surface area contributed by atoms with Crippen molar-refractivity contribution in [3.63, 3.8) is 0 Å². The third-order valence-electron chi connectivity index (χ3n) is 6.71. The number of methoxy groups -OCH3 is 1. The molecule has 1 aromatic heterocycles. The summed E-state index contributed by atoms with van der Waals surface area (Å²) in [7, 11) is 1.70. The Balaban J connectivity index is 1.66. The van der Waals surface area contributed by atoms with Crippen LogP contribution in [0.3, 0.4) is 0 Å². The van der Waals surface area contributed by atoms with E-state index >= 15 is 0 Å². The maximum absolute atomic E-state index is 6.43. The molecule has 2 aromatic rings. The summed E-state index contributed by atoms with van der Waals surface area (Å²) in [4.78, 5) is 7.69. The Morgan fingerprint density at radius 2 is 1.94 bits per heavy atom. The maximum atomic E-state index is 6.43. The van der Waals surface area contributed by atoms with E-state index in [4.69, 9.17) is 19.2 Å². The van der Waals surface area contributed by atoms with Gasteiger partial charge >= 0.3 is 0 Å². The summed E-state index contributed by atoms with van der Waals surface area (Å²) < 4.78 is 17.8. The third-order valence-corrected chi connectivity index (χ3v) is 6.71. The SMILES string of the molecule is COCCOc1cc(CN(C(C)C)[C@@H]2CCCNC2)nc2c(OC3CCCC3)cccc12. The fourth-order valence-electron chi connectivity index (χ4n) is 4.99. The lowest BCUT2D eigenvalue weighted by atomic mass is 10.0. The minimum absolute atomic E-state index is 0.296. The molecule has 6 heteroatoms. The monoisotopic (exact) mass is 441 g/mol. The average Bonchev–Trinajstić information content (AvgIpc) is 3.31. The number of piperidine rings is 1. The molecule has 1 saturated carbocycles. The Kier molecular flexibility index (Phi) is 8.22. The van der Waals surface area contributed by atoms with Crippen molar-refractivity contribution in [2.75, 3.05) is 33.4 Å². The zero-order chi connectivity index (χ0) is 22.3. The minimum Gasteiger partial charge on any atom is -0.490 e. The van der Waals surface area contributed by atoms with Crippen LogP contribution in [0.4, 0.5) is 0 Å². The molecule has 4 rings (SSSR count). The topological polar surface area (TPSA) is 55.9 Å². The minimum atomic E-state index is 0.296. The predicted molar refractivity (Wildman–Crippen MR) is 129 cm³/mol. The van der Waals surface area contributed by atoms with Gasteiger partial charge in [-0.2, -0.15) is 0 Å². The number of hydrogen-bond acceptors (Lipinski definition) is 6. The summed E-state index contributed by atoms with van der Waals surface area (Å²) in [6.45, 7) is 8.60. The van der Waals surface area contributed by atoms with E-state index in [0.717, 1.165) is 60.6 Å². The average molecular weight is 442 g/mol. The van der Waals surface area contributed by atoms with Gasteiger partial charge in [0, 0.05) is 43.7 Å². The molecule has 1 saturated heterocycles. The molecule has 1 aromatic carbocycles. The van der Waals surface area contributed by atoms with Gasteiger partial charge < -0.3 is 19.5 Å². The molecule has 0 bridgehead atoms. The van der Waals surface area contributed by atoms with Crippen LogP contribution in [0, 0.1) is 0 Å². The highest BCUT2D eigenvalue weighted by Gasteiger charge is 2.25. The van der Waals surface area contributed by atoms with Gasteiger partial charge in [0.1, 0.15) is 23.6 Å². The summed E-state index contributed by atoms with van der Waals surface area (Å²) in [6.07, 6.45) is 7.50. The van der Waals surface area contributed by atoms with Crippen LogP contribution in [0.1, 0.15) is 58.1 Å². The van der Waals surface area contributed by atoms with Crippen molar-refractivity contribution in [3.05, 3.63) is 30.0 Å². The van der Waals surface area contributed by atoms with E-state index in [1.807, 2.05) is 6.07 Å². The normalized spacial score (nSPS) is 19.8. The molecule has 0 radical (unpaired) electrons. The number of nitrogens with one attached hydrogen (secondary N) is 1. The number of para-hydroxylation sites is 1. The van der Waals surface area contributed by atoms with Crippen LogP contribution in [0.2, 0.25) is 0 Å². The van der Waals surface area contributed by atoms with Crippen molar-refractivity contribution >= 4 is 10.9 Å². The fourth-order valence-corrected chi connectivity index (χ4v) is 4.99. The molecule has 1 aliphatic heterocycles. The van der Waals surface area contributed by atoms with Crippen LogP contribution in [-0.4, -0.2) is 61.5 Å². The summed E-state index contributed by atoms with van der Waals surface area (Å²) in [5.74, 6) is 1.74. The van der Waals surface area contributed by atoms with Crippen molar-refractivity contribution < 1.29 is 14.2 Å². The number of hydrogen-bond donors (Lipinski definition) is 1. The lowest BCUT2D eigenvalue weighted by molar-refractivity contribution is 0.119. The lowest BCUT2D eigenvalue weighted by Gasteiger charge is -2.37. The molecule has 176 valence electrons. The van der Waals surface area contributed by atoms with Crippen molar-refractivity contribution in [1.29, 1.82) is 0 Å². The number of nitrogens with zero attached hydrogens (tertiary/aromatic N) is 2. The highest BCUT2D eigenvalue weighted by molar-refractivity contribution is 5.90. The number of benzene rings is 1. The van der Waals surface area contributed by atoms with E-state index in [1.165, 1.54) is 25.7 Å². The second kappa shape index (κ2) is 11.3. The van der Waals surface area contributed by atoms with E-state index in [0.29, 0.717) is 31.4 Å². The van der Waals surface area contributed by atoms with E-state index in [2.05, 4.69) is 42.3 Å². The number of pyridine rings is 1. The molecule has 2 fully saturated rings. The van der Waals surface area contributed by atoms with Gasteiger partial charge in [0.05, 0.1) is 18.4 Å². The van der Waals surface area contributed by atoms with E-state index in [1.54, 1.807) is 7.11 Å². The molecule has 0 spiro atoms. The number of aromatic nitrogens is 1. The largest absolute Gasteiger partial charge is 0.490 e. The Morgan fingerprint density at radius 3 is 2.66 bits per heavy atom. The first kappa shape index (κ1) is 23.3. The Bertz CT molecular complexity index is 861. The van der Waals surface area contributed by atoms with Crippen molar-refractivity contribution in [2.24, 2.45) is 0 Å². The quantitative estimate of drug-likeness (QED) is 0.546. The molecular weight excluding hydrogens is 402 g/mol. The van der Waals surface area contributed by atoms with E-state index in [9.17, 15) is 0 Å². The molecule has 2 heterocycles.